The van der Waals surface area contributed by atoms with Gasteiger partial charge in [0.1, 0.15) is 0 Å². The van der Waals surface area contributed by atoms with Crippen molar-refractivity contribution in [2.45, 2.75) is 36.8 Å². The zero-order chi connectivity index (χ0) is 23.0. The number of ether oxygens (including phenoxy) is 1. The highest BCUT2D eigenvalue weighted by molar-refractivity contribution is 7.89. The number of sulfonamides is 1. The highest BCUT2D eigenvalue weighted by atomic mass is 32.2. The molecule has 170 valence electrons. The maximum absolute atomic E-state index is 13.2. The number of anilines is 2. The third kappa shape index (κ3) is 4.42. The molecule has 9 heteroatoms. The summed E-state index contributed by atoms with van der Waals surface area (Å²) in [7, 11) is -3.83. The summed E-state index contributed by atoms with van der Waals surface area (Å²) in [6, 6.07) is 17.6. The summed E-state index contributed by atoms with van der Waals surface area (Å²) >= 11 is 0. The Bertz CT molecular complexity index is 1280. The topological polar surface area (TPSA) is 106 Å². The first-order valence-electron chi connectivity index (χ1n) is 10.7. The Balaban J connectivity index is 1.33. The summed E-state index contributed by atoms with van der Waals surface area (Å²) in [6.45, 7) is -0.523. The molecule has 1 aliphatic carbocycles. The second kappa shape index (κ2) is 8.49. The number of para-hydroxylation sites is 2. The van der Waals surface area contributed by atoms with Gasteiger partial charge in [-0.25, -0.2) is 17.9 Å². The van der Waals surface area contributed by atoms with Gasteiger partial charge < -0.3 is 9.15 Å². The van der Waals surface area contributed by atoms with Crippen LogP contribution >= 0.6 is 0 Å². The second-order valence-corrected chi connectivity index (χ2v) is 9.72. The lowest BCUT2D eigenvalue weighted by Gasteiger charge is -2.24. The molecule has 0 radical (unpaired) electrons. The van der Waals surface area contributed by atoms with Crippen molar-refractivity contribution >= 4 is 33.3 Å². The number of aryl methyl sites for hydroxylation is 2. The number of rotatable bonds is 6. The van der Waals surface area contributed by atoms with E-state index in [1.165, 1.54) is 12.1 Å². The van der Waals surface area contributed by atoms with E-state index in [4.69, 9.17) is 9.15 Å². The van der Waals surface area contributed by atoms with E-state index in [1.54, 1.807) is 4.90 Å². The van der Waals surface area contributed by atoms with E-state index in [2.05, 4.69) is 4.72 Å². The number of nitrogens with zero attached hydrogens (tertiary/aromatic N) is 1. The van der Waals surface area contributed by atoms with Crippen LogP contribution in [0.4, 0.5) is 11.4 Å². The van der Waals surface area contributed by atoms with Crippen molar-refractivity contribution in [3.8, 4) is 0 Å². The Morgan fingerprint density at radius 1 is 0.939 bits per heavy atom. The number of fused-ring (bicyclic) bond motifs is 2. The Morgan fingerprint density at radius 3 is 2.15 bits per heavy atom. The standard InChI is InChI=1S/C24H22N2O6S/c27-22(15-31-24(28)21-13-14-23(32-21)33(29,30)25-18-11-12-18)26-19-7-3-1-5-16(19)9-10-17-6-2-4-8-20(17)26/h1-8,13-14,18,25H,9-12,15H2. The number of carbonyl (C=O) groups is 2. The first-order chi connectivity index (χ1) is 15.9. The zero-order valence-corrected chi connectivity index (χ0v) is 18.5. The van der Waals surface area contributed by atoms with E-state index in [0.29, 0.717) is 0 Å². The molecule has 0 saturated heterocycles. The van der Waals surface area contributed by atoms with Crippen LogP contribution in [-0.4, -0.2) is 32.9 Å². The van der Waals surface area contributed by atoms with Gasteiger partial charge in [-0.15, -0.1) is 0 Å². The summed E-state index contributed by atoms with van der Waals surface area (Å²) in [5.74, 6) is -1.61. The van der Waals surface area contributed by atoms with Crippen molar-refractivity contribution < 1.29 is 27.2 Å². The summed E-state index contributed by atoms with van der Waals surface area (Å²) in [5.41, 5.74) is 3.55. The van der Waals surface area contributed by atoms with Crippen molar-refractivity contribution in [2.75, 3.05) is 11.5 Å². The molecular formula is C24H22N2O6S. The van der Waals surface area contributed by atoms with Gasteiger partial charge in [0.05, 0.1) is 11.4 Å². The van der Waals surface area contributed by atoms with Gasteiger partial charge in [-0.05, 0) is 61.1 Å². The Morgan fingerprint density at radius 2 is 1.55 bits per heavy atom. The maximum atomic E-state index is 13.2. The van der Waals surface area contributed by atoms with Crippen LogP contribution in [0.1, 0.15) is 34.5 Å². The van der Waals surface area contributed by atoms with Crippen molar-refractivity contribution in [1.82, 2.24) is 4.72 Å². The van der Waals surface area contributed by atoms with Gasteiger partial charge in [-0.3, -0.25) is 9.69 Å². The number of carbonyl (C=O) groups excluding carboxylic acids is 2. The third-order valence-corrected chi connectivity index (χ3v) is 7.04. The minimum absolute atomic E-state index is 0.0903. The molecule has 8 nitrogen and oxygen atoms in total. The molecule has 0 unspecified atom stereocenters. The van der Waals surface area contributed by atoms with E-state index in [-0.39, 0.29) is 16.9 Å². The highest BCUT2D eigenvalue weighted by Crippen LogP contribution is 2.36. The molecule has 33 heavy (non-hydrogen) atoms. The largest absolute Gasteiger partial charge is 0.450 e. The zero-order valence-electron chi connectivity index (χ0n) is 17.7. The van der Waals surface area contributed by atoms with Crippen LogP contribution in [-0.2, 0) is 32.4 Å². The fourth-order valence-corrected chi connectivity index (χ4v) is 5.10. The van der Waals surface area contributed by atoms with Gasteiger partial charge in [0.25, 0.3) is 15.9 Å². The smallest absolute Gasteiger partial charge is 0.374 e. The molecule has 1 fully saturated rings. The predicted molar refractivity (Wildman–Crippen MR) is 120 cm³/mol. The molecule has 2 heterocycles. The van der Waals surface area contributed by atoms with E-state index in [0.717, 1.165) is 48.2 Å². The van der Waals surface area contributed by atoms with Crippen molar-refractivity contribution in [2.24, 2.45) is 0 Å². The minimum Gasteiger partial charge on any atom is -0.450 e. The molecule has 0 atom stereocenters. The Hall–Kier alpha value is -3.43. The van der Waals surface area contributed by atoms with Crippen LogP contribution in [0.25, 0.3) is 0 Å². The minimum atomic E-state index is -3.83. The van der Waals surface area contributed by atoms with E-state index in [1.807, 2.05) is 48.5 Å². The number of furan rings is 1. The van der Waals surface area contributed by atoms with Crippen molar-refractivity contribution in [3.05, 3.63) is 77.6 Å². The normalized spacial score (nSPS) is 15.3. The number of amides is 1. The van der Waals surface area contributed by atoms with E-state index >= 15 is 0 Å². The number of benzene rings is 2. The first kappa shape index (κ1) is 21.4. The molecule has 2 aromatic carbocycles. The summed E-state index contributed by atoms with van der Waals surface area (Å²) in [6.07, 6.45) is 3.13. The quantitative estimate of drug-likeness (QED) is 0.559. The number of hydrogen-bond acceptors (Lipinski definition) is 6. The van der Waals surface area contributed by atoms with Crippen LogP contribution in [0, 0.1) is 0 Å². The van der Waals surface area contributed by atoms with Crippen molar-refractivity contribution in [3.63, 3.8) is 0 Å². The molecule has 0 spiro atoms. The van der Waals surface area contributed by atoms with Crippen LogP contribution in [0.2, 0.25) is 0 Å². The van der Waals surface area contributed by atoms with Gasteiger partial charge in [-0.1, -0.05) is 36.4 Å². The average Bonchev–Trinajstić information content (AvgIpc) is 3.50. The lowest BCUT2D eigenvalue weighted by atomic mass is 10.0. The molecular weight excluding hydrogens is 444 g/mol. The molecule has 2 aliphatic rings. The van der Waals surface area contributed by atoms with Gasteiger partial charge in [-0.2, -0.15) is 0 Å². The van der Waals surface area contributed by atoms with Gasteiger partial charge in [0.2, 0.25) is 10.9 Å². The Kier molecular flexibility index (Phi) is 5.51. The summed E-state index contributed by atoms with van der Waals surface area (Å²) in [4.78, 5) is 27.3. The molecule has 1 N–H and O–H groups in total. The van der Waals surface area contributed by atoms with Gasteiger partial charge in [0, 0.05) is 6.04 Å². The molecule has 1 aliphatic heterocycles. The van der Waals surface area contributed by atoms with Crippen molar-refractivity contribution in [1.29, 1.82) is 0 Å². The second-order valence-electron chi connectivity index (χ2n) is 8.08. The molecule has 3 aromatic rings. The van der Waals surface area contributed by atoms with E-state index < -0.39 is 28.5 Å². The number of esters is 1. The lowest BCUT2D eigenvalue weighted by Crippen LogP contribution is -2.31. The van der Waals surface area contributed by atoms with Crippen LogP contribution in [0.3, 0.4) is 0 Å². The predicted octanol–water partition coefficient (Wildman–Crippen LogP) is 3.34. The van der Waals surface area contributed by atoms with E-state index in [9.17, 15) is 18.0 Å². The fourth-order valence-electron chi connectivity index (χ4n) is 3.86. The number of hydrogen-bond donors (Lipinski definition) is 1. The molecule has 1 amide bonds. The van der Waals surface area contributed by atoms with Crippen LogP contribution < -0.4 is 9.62 Å². The van der Waals surface area contributed by atoms with Gasteiger partial charge in [0.15, 0.2) is 6.61 Å². The molecule has 1 saturated carbocycles. The first-order valence-corrected chi connectivity index (χ1v) is 12.2. The maximum Gasteiger partial charge on any atom is 0.374 e. The average molecular weight is 467 g/mol. The lowest BCUT2D eigenvalue weighted by molar-refractivity contribution is -0.121. The summed E-state index contributed by atoms with van der Waals surface area (Å²) in [5, 5.41) is -0.358. The third-order valence-electron chi connectivity index (χ3n) is 5.65. The van der Waals surface area contributed by atoms with Crippen LogP contribution in [0.5, 0.6) is 0 Å². The highest BCUT2D eigenvalue weighted by Gasteiger charge is 2.31. The number of nitrogens with one attached hydrogen (secondary N) is 1. The SMILES string of the molecule is O=C(OCC(=O)N1c2ccccc2CCc2ccccc21)c1ccc(S(=O)(=O)NC2CC2)o1. The van der Waals surface area contributed by atoms with Crippen LogP contribution in [0.15, 0.2) is 70.2 Å². The van der Waals surface area contributed by atoms with Gasteiger partial charge >= 0.3 is 5.97 Å². The molecule has 1 aromatic heterocycles. The Labute approximate surface area is 191 Å². The monoisotopic (exact) mass is 466 g/mol. The fraction of sp³-hybridized carbons (Fsp3) is 0.250. The molecule has 5 rings (SSSR count). The molecule has 0 bridgehead atoms. The summed E-state index contributed by atoms with van der Waals surface area (Å²) < 4.78 is 37.4.